The minimum Gasteiger partial charge on any atom is -0.481 e. The first-order chi connectivity index (χ1) is 11.2. The summed E-state index contributed by atoms with van der Waals surface area (Å²) in [6.07, 6.45) is -0.521. The molecular weight excluding hydrogens is 310 g/mol. The molecule has 130 valence electrons. The Labute approximate surface area is 141 Å². The largest absolute Gasteiger partial charge is 0.481 e. The SMILES string of the molecule is CC(C)(C)[C@@H](CC(=O)O)C(=O)N1C(=O)OC[C@H]1Cc1ccccc1. The van der Waals surface area contributed by atoms with Crippen molar-refractivity contribution in [3.63, 3.8) is 0 Å². The van der Waals surface area contributed by atoms with Gasteiger partial charge in [0.1, 0.15) is 6.61 Å². The zero-order valence-corrected chi connectivity index (χ0v) is 14.2. The average molecular weight is 333 g/mol. The van der Waals surface area contributed by atoms with Gasteiger partial charge in [0.15, 0.2) is 0 Å². The van der Waals surface area contributed by atoms with Crippen molar-refractivity contribution in [3.05, 3.63) is 35.9 Å². The van der Waals surface area contributed by atoms with Gasteiger partial charge in [0.05, 0.1) is 18.4 Å². The van der Waals surface area contributed by atoms with Gasteiger partial charge in [0.25, 0.3) is 0 Å². The minimum atomic E-state index is -1.06. The summed E-state index contributed by atoms with van der Waals surface area (Å²) < 4.78 is 5.06. The molecule has 1 aliphatic rings. The molecule has 6 heteroatoms. The van der Waals surface area contributed by atoms with Crippen LogP contribution in [0.1, 0.15) is 32.8 Å². The molecule has 1 aromatic carbocycles. The second-order valence-electron chi connectivity index (χ2n) is 7.15. The number of carboxylic acids is 1. The van der Waals surface area contributed by atoms with Crippen LogP contribution in [-0.4, -0.2) is 40.6 Å². The molecule has 6 nitrogen and oxygen atoms in total. The van der Waals surface area contributed by atoms with E-state index in [0.29, 0.717) is 6.42 Å². The summed E-state index contributed by atoms with van der Waals surface area (Å²) in [6, 6.07) is 9.10. The van der Waals surface area contributed by atoms with Crippen molar-refractivity contribution in [1.82, 2.24) is 4.90 Å². The number of aliphatic carboxylic acids is 1. The molecule has 1 N–H and O–H groups in total. The van der Waals surface area contributed by atoms with Crippen molar-refractivity contribution in [2.45, 2.75) is 39.7 Å². The fourth-order valence-corrected chi connectivity index (χ4v) is 2.87. The van der Waals surface area contributed by atoms with Gasteiger partial charge >= 0.3 is 12.1 Å². The standard InChI is InChI=1S/C18H23NO5/c1-18(2,3)14(10-15(20)21)16(22)19-13(11-24-17(19)23)9-12-7-5-4-6-8-12/h4-8,13-14H,9-11H2,1-3H3,(H,20,21)/t13-,14+/m1/s1. The molecule has 1 aliphatic heterocycles. The Morgan fingerprint density at radius 3 is 2.46 bits per heavy atom. The number of carbonyl (C=O) groups excluding carboxylic acids is 2. The molecule has 0 unspecified atom stereocenters. The number of carboxylic acid groups (broad SMARTS) is 1. The second kappa shape index (κ2) is 7.03. The van der Waals surface area contributed by atoms with Gasteiger partial charge in [-0.3, -0.25) is 9.59 Å². The zero-order valence-electron chi connectivity index (χ0n) is 14.2. The molecule has 0 radical (unpaired) electrons. The zero-order chi connectivity index (χ0) is 17.9. The van der Waals surface area contributed by atoms with Crippen LogP contribution < -0.4 is 0 Å². The Morgan fingerprint density at radius 2 is 1.92 bits per heavy atom. The molecule has 1 fully saturated rings. The number of ether oxygens (including phenoxy) is 1. The van der Waals surface area contributed by atoms with Gasteiger partial charge in [-0.2, -0.15) is 0 Å². The van der Waals surface area contributed by atoms with Crippen molar-refractivity contribution >= 4 is 18.0 Å². The summed E-state index contributed by atoms with van der Waals surface area (Å²) in [5, 5.41) is 9.12. The highest BCUT2D eigenvalue weighted by Crippen LogP contribution is 2.32. The fourth-order valence-electron chi connectivity index (χ4n) is 2.87. The van der Waals surface area contributed by atoms with Gasteiger partial charge in [-0.25, -0.2) is 9.69 Å². The quantitative estimate of drug-likeness (QED) is 0.895. The topological polar surface area (TPSA) is 83.9 Å². The van der Waals surface area contributed by atoms with E-state index in [1.54, 1.807) is 20.8 Å². The normalized spacial score (nSPS) is 19.0. The molecule has 1 saturated heterocycles. The highest BCUT2D eigenvalue weighted by Gasteiger charge is 2.44. The number of hydrogen-bond donors (Lipinski definition) is 1. The van der Waals surface area contributed by atoms with Gasteiger partial charge in [0, 0.05) is 0 Å². The number of hydrogen-bond acceptors (Lipinski definition) is 4. The molecule has 1 heterocycles. The Balaban J connectivity index is 2.23. The molecule has 0 bridgehead atoms. The molecule has 0 saturated carbocycles. The van der Waals surface area contributed by atoms with E-state index in [9.17, 15) is 14.4 Å². The van der Waals surface area contributed by atoms with E-state index in [1.165, 1.54) is 0 Å². The van der Waals surface area contributed by atoms with Gasteiger partial charge in [-0.15, -0.1) is 0 Å². The van der Waals surface area contributed by atoms with Crippen molar-refractivity contribution < 1.29 is 24.2 Å². The van der Waals surface area contributed by atoms with E-state index >= 15 is 0 Å². The summed E-state index contributed by atoms with van der Waals surface area (Å²) in [6.45, 7) is 5.52. The molecule has 2 atom stereocenters. The summed E-state index contributed by atoms with van der Waals surface area (Å²) in [4.78, 5) is 37.2. The lowest BCUT2D eigenvalue weighted by atomic mass is 9.77. The van der Waals surface area contributed by atoms with Crippen molar-refractivity contribution in [2.24, 2.45) is 11.3 Å². The van der Waals surface area contributed by atoms with Crippen LogP contribution in [-0.2, 0) is 20.7 Å². The van der Waals surface area contributed by atoms with Crippen molar-refractivity contribution in [3.8, 4) is 0 Å². The summed E-state index contributed by atoms with van der Waals surface area (Å²) in [5.74, 6) is -2.33. The van der Waals surface area contributed by atoms with E-state index in [0.717, 1.165) is 10.5 Å². The van der Waals surface area contributed by atoms with Crippen LogP contribution in [0, 0.1) is 11.3 Å². The number of rotatable bonds is 5. The van der Waals surface area contributed by atoms with Gasteiger partial charge in [0.2, 0.25) is 5.91 Å². The van der Waals surface area contributed by atoms with E-state index in [1.807, 2.05) is 30.3 Å². The first-order valence-electron chi connectivity index (χ1n) is 7.95. The summed E-state index contributed by atoms with van der Waals surface area (Å²) in [7, 11) is 0. The van der Waals surface area contributed by atoms with Crippen molar-refractivity contribution in [2.75, 3.05) is 6.61 Å². The van der Waals surface area contributed by atoms with Crippen LogP contribution in [0.25, 0.3) is 0 Å². The first-order valence-corrected chi connectivity index (χ1v) is 7.95. The lowest BCUT2D eigenvalue weighted by molar-refractivity contribution is -0.146. The smallest absolute Gasteiger partial charge is 0.416 e. The monoisotopic (exact) mass is 333 g/mol. The van der Waals surface area contributed by atoms with Gasteiger partial charge in [-0.1, -0.05) is 51.1 Å². The minimum absolute atomic E-state index is 0.128. The average Bonchev–Trinajstić information content (AvgIpc) is 2.85. The number of imide groups is 1. The number of benzene rings is 1. The first kappa shape index (κ1) is 18.0. The van der Waals surface area contributed by atoms with Crippen molar-refractivity contribution in [1.29, 1.82) is 0 Å². The fraction of sp³-hybridized carbons (Fsp3) is 0.500. The van der Waals surface area contributed by atoms with Crippen LogP contribution in [0.4, 0.5) is 4.79 Å². The van der Waals surface area contributed by atoms with Crippen LogP contribution in [0.15, 0.2) is 30.3 Å². The Morgan fingerprint density at radius 1 is 1.29 bits per heavy atom. The summed E-state index contributed by atoms with van der Waals surface area (Å²) >= 11 is 0. The van der Waals surface area contributed by atoms with E-state index in [2.05, 4.69) is 0 Å². The molecule has 2 rings (SSSR count). The summed E-state index contributed by atoms with van der Waals surface area (Å²) in [5.41, 5.74) is 0.416. The third kappa shape index (κ3) is 4.13. The molecule has 2 amide bonds. The molecule has 0 aromatic heterocycles. The number of carbonyl (C=O) groups is 3. The highest BCUT2D eigenvalue weighted by molar-refractivity contribution is 5.96. The van der Waals surface area contributed by atoms with E-state index in [4.69, 9.17) is 9.84 Å². The maximum Gasteiger partial charge on any atom is 0.416 e. The number of amides is 2. The lowest BCUT2D eigenvalue weighted by Crippen LogP contribution is -2.47. The Bertz CT molecular complexity index is 620. The Hall–Kier alpha value is -2.37. The molecular formula is C18H23NO5. The van der Waals surface area contributed by atoms with Crippen LogP contribution in [0.2, 0.25) is 0 Å². The van der Waals surface area contributed by atoms with Crippen LogP contribution in [0.5, 0.6) is 0 Å². The number of nitrogens with zero attached hydrogens (tertiary/aromatic N) is 1. The van der Waals surface area contributed by atoms with E-state index in [-0.39, 0.29) is 13.0 Å². The van der Waals surface area contributed by atoms with E-state index < -0.39 is 35.3 Å². The number of cyclic esters (lactones) is 1. The molecule has 0 aliphatic carbocycles. The predicted molar refractivity (Wildman–Crippen MR) is 87.3 cm³/mol. The second-order valence-corrected chi connectivity index (χ2v) is 7.15. The van der Waals surface area contributed by atoms with Gasteiger partial charge < -0.3 is 9.84 Å². The lowest BCUT2D eigenvalue weighted by Gasteiger charge is -2.32. The Kier molecular flexibility index (Phi) is 5.26. The molecule has 1 aromatic rings. The molecule has 0 spiro atoms. The highest BCUT2D eigenvalue weighted by atomic mass is 16.6. The third-order valence-corrected chi connectivity index (χ3v) is 4.23. The maximum atomic E-state index is 12.9. The maximum absolute atomic E-state index is 12.9. The molecule has 24 heavy (non-hydrogen) atoms. The third-order valence-electron chi connectivity index (χ3n) is 4.23. The van der Waals surface area contributed by atoms with Crippen LogP contribution >= 0.6 is 0 Å². The van der Waals surface area contributed by atoms with Crippen LogP contribution in [0.3, 0.4) is 0 Å². The van der Waals surface area contributed by atoms with Gasteiger partial charge in [-0.05, 0) is 17.4 Å². The predicted octanol–water partition coefficient (Wildman–Crippen LogP) is 2.71.